The van der Waals surface area contributed by atoms with E-state index in [4.69, 9.17) is 5.73 Å². The van der Waals surface area contributed by atoms with Crippen LogP contribution >= 0.6 is 0 Å². The molecular weight excluding hydrogens is 250 g/mol. The molecule has 2 unspecified atom stereocenters. The average molecular weight is 268 g/mol. The molecule has 1 amide bonds. The fourth-order valence-electron chi connectivity index (χ4n) is 2.43. The number of hydrogen-bond donors (Lipinski definition) is 2. The highest BCUT2D eigenvalue weighted by Gasteiger charge is 2.23. The van der Waals surface area contributed by atoms with E-state index >= 15 is 0 Å². The lowest BCUT2D eigenvalue weighted by atomic mass is 9.91. The lowest BCUT2D eigenvalue weighted by Crippen LogP contribution is -2.49. The van der Waals surface area contributed by atoms with Gasteiger partial charge in [-0.1, -0.05) is 18.9 Å². The van der Waals surface area contributed by atoms with E-state index in [-0.39, 0.29) is 24.4 Å². The Balaban J connectivity index is 1.91. The molecule has 5 heteroatoms. The highest BCUT2D eigenvalue weighted by atomic mass is 19.2. The van der Waals surface area contributed by atoms with Crippen molar-refractivity contribution in [1.82, 2.24) is 5.32 Å². The molecule has 0 spiro atoms. The van der Waals surface area contributed by atoms with Crippen LogP contribution in [0.25, 0.3) is 0 Å². The molecule has 2 atom stereocenters. The van der Waals surface area contributed by atoms with Gasteiger partial charge in [0.2, 0.25) is 5.91 Å². The third kappa shape index (κ3) is 3.73. The first-order chi connectivity index (χ1) is 9.06. The summed E-state index contributed by atoms with van der Waals surface area (Å²) < 4.78 is 25.8. The third-order valence-corrected chi connectivity index (χ3v) is 3.51. The Morgan fingerprint density at radius 2 is 2.00 bits per heavy atom. The number of carbonyl (C=O) groups is 1. The third-order valence-electron chi connectivity index (χ3n) is 3.51. The summed E-state index contributed by atoms with van der Waals surface area (Å²) in [5, 5.41) is 2.87. The van der Waals surface area contributed by atoms with Gasteiger partial charge in [-0.15, -0.1) is 0 Å². The molecule has 3 nitrogen and oxygen atoms in total. The number of nitrogens with two attached hydrogens (primary N) is 1. The van der Waals surface area contributed by atoms with Crippen LogP contribution in [-0.4, -0.2) is 18.0 Å². The van der Waals surface area contributed by atoms with Crippen LogP contribution in [0.3, 0.4) is 0 Å². The van der Waals surface area contributed by atoms with Gasteiger partial charge < -0.3 is 11.1 Å². The summed E-state index contributed by atoms with van der Waals surface area (Å²) in [6.45, 7) is 0. The fraction of sp³-hybridized carbons (Fsp3) is 0.500. The predicted octanol–water partition coefficient (Wildman–Crippen LogP) is 1.89. The predicted molar refractivity (Wildman–Crippen MR) is 68.4 cm³/mol. The van der Waals surface area contributed by atoms with Gasteiger partial charge in [-0.25, -0.2) is 8.78 Å². The molecule has 1 fully saturated rings. The Kier molecular flexibility index (Phi) is 4.47. The van der Waals surface area contributed by atoms with Gasteiger partial charge in [-0.3, -0.25) is 4.79 Å². The minimum Gasteiger partial charge on any atom is -0.352 e. The molecule has 0 aliphatic heterocycles. The molecule has 1 saturated carbocycles. The topological polar surface area (TPSA) is 55.1 Å². The maximum absolute atomic E-state index is 13.0. The van der Waals surface area contributed by atoms with Crippen molar-refractivity contribution < 1.29 is 13.6 Å². The van der Waals surface area contributed by atoms with Gasteiger partial charge in [0.25, 0.3) is 0 Å². The SMILES string of the molecule is NC1CCCCC1NC(=O)Cc1ccc(F)c(F)c1. The molecule has 3 N–H and O–H groups in total. The summed E-state index contributed by atoms with van der Waals surface area (Å²) in [7, 11) is 0. The molecular formula is C14H18F2N2O. The highest BCUT2D eigenvalue weighted by molar-refractivity contribution is 5.78. The zero-order valence-electron chi connectivity index (χ0n) is 10.7. The van der Waals surface area contributed by atoms with Gasteiger partial charge in [-0.05, 0) is 30.5 Å². The molecule has 0 heterocycles. The minimum absolute atomic E-state index is 0.00783. The Morgan fingerprint density at radius 1 is 1.26 bits per heavy atom. The zero-order valence-corrected chi connectivity index (χ0v) is 10.7. The Morgan fingerprint density at radius 3 is 2.68 bits per heavy atom. The van der Waals surface area contributed by atoms with Gasteiger partial charge in [0, 0.05) is 12.1 Å². The summed E-state index contributed by atoms with van der Waals surface area (Å²) in [5.74, 6) is -2.04. The van der Waals surface area contributed by atoms with Crippen LogP contribution in [0.1, 0.15) is 31.2 Å². The summed E-state index contributed by atoms with van der Waals surface area (Å²) in [6, 6.07) is 3.48. The van der Waals surface area contributed by atoms with Crippen molar-refractivity contribution in [3.8, 4) is 0 Å². The first kappa shape index (κ1) is 13.9. The number of rotatable bonds is 3. The van der Waals surface area contributed by atoms with Crippen LogP contribution in [-0.2, 0) is 11.2 Å². The summed E-state index contributed by atoms with van der Waals surface area (Å²) in [4.78, 5) is 11.8. The fourth-order valence-corrected chi connectivity index (χ4v) is 2.43. The van der Waals surface area contributed by atoms with Crippen molar-refractivity contribution in [3.63, 3.8) is 0 Å². The second kappa shape index (κ2) is 6.10. The maximum Gasteiger partial charge on any atom is 0.224 e. The van der Waals surface area contributed by atoms with E-state index in [0.717, 1.165) is 37.8 Å². The van der Waals surface area contributed by atoms with Crippen LogP contribution in [0.2, 0.25) is 0 Å². The smallest absolute Gasteiger partial charge is 0.224 e. The van der Waals surface area contributed by atoms with Crippen LogP contribution in [0.5, 0.6) is 0 Å². The molecule has 1 aliphatic carbocycles. The van der Waals surface area contributed by atoms with Gasteiger partial charge in [0.15, 0.2) is 11.6 Å². The van der Waals surface area contributed by atoms with Crippen molar-refractivity contribution >= 4 is 5.91 Å². The Labute approximate surface area is 111 Å². The number of benzene rings is 1. The number of hydrogen-bond acceptors (Lipinski definition) is 2. The van der Waals surface area contributed by atoms with Gasteiger partial charge in [-0.2, -0.15) is 0 Å². The van der Waals surface area contributed by atoms with Crippen LogP contribution in [0.4, 0.5) is 8.78 Å². The van der Waals surface area contributed by atoms with Gasteiger partial charge in [0.1, 0.15) is 0 Å². The normalized spacial score (nSPS) is 23.1. The van der Waals surface area contributed by atoms with Gasteiger partial charge >= 0.3 is 0 Å². The van der Waals surface area contributed by atoms with Crippen LogP contribution in [0.15, 0.2) is 18.2 Å². The molecule has 0 bridgehead atoms. The lowest BCUT2D eigenvalue weighted by molar-refractivity contribution is -0.121. The van der Waals surface area contributed by atoms with Crippen LogP contribution in [0, 0.1) is 11.6 Å². The summed E-state index contributed by atoms with van der Waals surface area (Å²) >= 11 is 0. The molecule has 1 aromatic carbocycles. The Bertz CT molecular complexity index is 465. The summed E-state index contributed by atoms with van der Waals surface area (Å²) in [6.07, 6.45) is 3.99. The first-order valence-corrected chi connectivity index (χ1v) is 6.55. The van der Waals surface area contributed by atoms with Crippen LogP contribution < -0.4 is 11.1 Å². The van der Waals surface area contributed by atoms with Crippen molar-refractivity contribution in [1.29, 1.82) is 0 Å². The molecule has 2 rings (SSSR count). The van der Waals surface area contributed by atoms with E-state index in [1.807, 2.05) is 0 Å². The molecule has 0 saturated heterocycles. The second-order valence-electron chi connectivity index (χ2n) is 5.05. The number of carbonyl (C=O) groups excluding carboxylic acids is 1. The number of halogens is 2. The standard InChI is InChI=1S/C14H18F2N2O/c15-10-6-5-9(7-11(10)16)8-14(19)18-13-4-2-1-3-12(13)17/h5-7,12-13H,1-4,8,17H2,(H,18,19). The zero-order chi connectivity index (χ0) is 13.8. The average Bonchev–Trinajstić information content (AvgIpc) is 2.37. The van der Waals surface area contributed by atoms with Crippen molar-refractivity contribution in [2.24, 2.45) is 5.73 Å². The van der Waals surface area contributed by atoms with E-state index in [9.17, 15) is 13.6 Å². The van der Waals surface area contributed by atoms with Gasteiger partial charge in [0.05, 0.1) is 6.42 Å². The molecule has 104 valence electrons. The first-order valence-electron chi connectivity index (χ1n) is 6.55. The monoisotopic (exact) mass is 268 g/mol. The maximum atomic E-state index is 13.0. The van der Waals surface area contributed by atoms with Crippen molar-refractivity contribution in [2.45, 2.75) is 44.2 Å². The van der Waals surface area contributed by atoms with E-state index in [2.05, 4.69) is 5.32 Å². The molecule has 1 aliphatic rings. The van der Waals surface area contributed by atoms with Crippen molar-refractivity contribution in [2.75, 3.05) is 0 Å². The lowest BCUT2D eigenvalue weighted by Gasteiger charge is -2.29. The molecule has 0 radical (unpaired) electrons. The van der Waals surface area contributed by atoms with E-state index in [1.54, 1.807) is 0 Å². The molecule has 19 heavy (non-hydrogen) atoms. The van der Waals surface area contributed by atoms with Crippen molar-refractivity contribution in [3.05, 3.63) is 35.4 Å². The second-order valence-corrected chi connectivity index (χ2v) is 5.05. The van der Waals surface area contributed by atoms with E-state index in [0.29, 0.717) is 5.56 Å². The molecule has 0 aromatic heterocycles. The minimum atomic E-state index is -0.931. The Hall–Kier alpha value is -1.49. The summed E-state index contributed by atoms with van der Waals surface area (Å²) in [5.41, 5.74) is 6.40. The number of amides is 1. The van der Waals surface area contributed by atoms with E-state index in [1.165, 1.54) is 6.07 Å². The largest absolute Gasteiger partial charge is 0.352 e. The number of nitrogens with one attached hydrogen (secondary N) is 1. The van der Waals surface area contributed by atoms with E-state index < -0.39 is 11.6 Å². The quantitative estimate of drug-likeness (QED) is 0.879. The molecule has 1 aromatic rings. The highest BCUT2D eigenvalue weighted by Crippen LogP contribution is 2.17.